The number of hydrogen-bond donors (Lipinski definition) is 0. The lowest BCUT2D eigenvalue weighted by molar-refractivity contribution is 1.42. The van der Waals surface area contributed by atoms with Gasteiger partial charge in [-0.05, 0) is 13.3 Å². The highest BCUT2D eigenvalue weighted by Gasteiger charge is 1.84. The van der Waals surface area contributed by atoms with Crippen molar-refractivity contribution in [2.24, 2.45) is 0 Å². The minimum absolute atomic E-state index is 0.764. The Balaban J connectivity index is 2.79. The van der Waals surface area contributed by atoms with E-state index >= 15 is 0 Å². The molecule has 1 rings (SSSR count). The molecule has 0 aromatic carbocycles. The van der Waals surface area contributed by atoms with Crippen LogP contribution in [0.3, 0.4) is 0 Å². The summed E-state index contributed by atoms with van der Waals surface area (Å²) in [4.78, 5) is 0. The standard InChI is InChI=1S/C6H8/c1-6-4-2-3-5-6/h2,4-5H,3H2,1H3/i5D. The Hall–Kier alpha value is -0.520. The van der Waals surface area contributed by atoms with Crippen LogP contribution in [-0.2, 0) is 0 Å². The Morgan fingerprint density at radius 3 is 3.00 bits per heavy atom. The van der Waals surface area contributed by atoms with E-state index < -0.39 is 0 Å². The van der Waals surface area contributed by atoms with Gasteiger partial charge in [0.15, 0.2) is 0 Å². The van der Waals surface area contributed by atoms with E-state index in [1.165, 1.54) is 0 Å². The molecule has 0 saturated heterocycles. The Morgan fingerprint density at radius 2 is 2.83 bits per heavy atom. The summed E-state index contributed by atoms with van der Waals surface area (Å²) >= 11 is 0. The van der Waals surface area contributed by atoms with Crippen molar-refractivity contribution in [3.8, 4) is 0 Å². The first kappa shape index (κ1) is 2.62. The maximum atomic E-state index is 7.16. The fourth-order valence-electron chi connectivity index (χ4n) is 0.515. The molecule has 1 aliphatic carbocycles. The normalized spacial score (nSPS) is 22.5. The lowest BCUT2D eigenvalue weighted by Gasteiger charge is -1.72. The zero-order valence-electron chi connectivity index (χ0n) is 4.86. The van der Waals surface area contributed by atoms with Crippen molar-refractivity contribution in [2.75, 3.05) is 0 Å². The summed E-state index contributed by atoms with van der Waals surface area (Å²) in [6.45, 7) is 1.96. The van der Waals surface area contributed by atoms with Crippen LogP contribution in [0.1, 0.15) is 14.7 Å². The first-order valence-electron chi connectivity index (χ1n) is 2.63. The molecular weight excluding hydrogens is 72.1 g/mol. The van der Waals surface area contributed by atoms with Gasteiger partial charge in [-0.3, -0.25) is 0 Å². The highest BCUT2D eigenvalue weighted by atomic mass is 13.9. The molecular formula is C6H8. The third-order valence-electron chi connectivity index (χ3n) is 0.867. The van der Waals surface area contributed by atoms with E-state index in [-0.39, 0.29) is 0 Å². The molecule has 0 N–H and O–H groups in total. The summed E-state index contributed by atoms with van der Waals surface area (Å²) in [6.07, 6.45) is 4.84. The molecule has 0 atom stereocenters. The molecule has 0 saturated carbocycles. The molecule has 0 heteroatoms. The summed E-state index contributed by atoms with van der Waals surface area (Å²) in [5.41, 5.74) is 1.11. The van der Waals surface area contributed by atoms with Gasteiger partial charge in [-0.15, -0.1) is 0 Å². The molecule has 0 spiro atoms. The van der Waals surface area contributed by atoms with Gasteiger partial charge < -0.3 is 0 Å². The predicted molar refractivity (Wildman–Crippen MR) is 27.5 cm³/mol. The fraction of sp³-hybridized carbons (Fsp3) is 0.333. The van der Waals surface area contributed by atoms with Crippen LogP contribution in [0.2, 0.25) is 0 Å². The quantitative estimate of drug-likeness (QED) is 0.417. The van der Waals surface area contributed by atoms with Gasteiger partial charge in [-0.25, -0.2) is 0 Å². The molecule has 0 aromatic heterocycles. The first-order valence-corrected chi connectivity index (χ1v) is 2.13. The summed E-state index contributed by atoms with van der Waals surface area (Å²) in [6, 6.07) is 0.764. The van der Waals surface area contributed by atoms with Crippen LogP contribution in [0.4, 0.5) is 0 Å². The van der Waals surface area contributed by atoms with Gasteiger partial charge in [0.2, 0.25) is 0 Å². The van der Waals surface area contributed by atoms with Crippen LogP contribution in [0.25, 0.3) is 0 Å². The molecule has 0 amide bonds. The van der Waals surface area contributed by atoms with Gasteiger partial charge >= 0.3 is 0 Å². The summed E-state index contributed by atoms with van der Waals surface area (Å²) in [7, 11) is 0. The van der Waals surface area contributed by atoms with Gasteiger partial charge in [0, 0.05) is 0 Å². The molecule has 0 aliphatic heterocycles. The Labute approximate surface area is 39.6 Å². The van der Waals surface area contributed by atoms with Crippen LogP contribution in [0, 0.1) is 0 Å². The number of hydrogen-bond acceptors (Lipinski definition) is 0. The van der Waals surface area contributed by atoms with Gasteiger partial charge in [0.1, 0.15) is 0 Å². The van der Waals surface area contributed by atoms with Crippen molar-refractivity contribution in [2.45, 2.75) is 13.3 Å². The first-order chi connectivity index (χ1) is 3.30. The SMILES string of the molecule is [2H]C1=C(C)C=CC1. The summed E-state index contributed by atoms with van der Waals surface area (Å²) < 4.78 is 7.16. The second-order valence-corrected chi connectivity index (χ2v) is 1.47. The third-order valence-corrected chi connectivity index (χ3v) is 0.867. The maximum absolute atomic E-state index is 7.16. The second kappa shape index (κ2) is 1.29. The van der Waals surface area contributed by atoms with Crippen LogP contribution in [0.15, 0.2) is 23.8 Å². The molecule has 1 aliphatic rings. The Bertz CT molecular complexity index is 131. The number of allylic oxidation sites excluding steroid dienone is 4. The predicted octanol–water partition coefficient (Wildman–Crippen LogP) is 1.89. The van der Waals surface area contributed by atoms with Gasteiger partial charge in [-0.2, -0.15) is 0 Å². The molecule has 0 heterocycles. The lowest BCUT2D eigenvalue weighted by atomic mass is 10.3. The highest BCUT2D eigenvalue weighted by Crippen LogP contribution is 2.05. The molecule has 0 nitrogen and oxygen atoms in total. The van der Waals surface area contributed by atoms with Crippen molar-refractivity contribution in [1.29, 1.82) is 0 Å². The van der Waals surface area contributed by atoms with Crippen LogP contribution in [-0.4, -0.2) is 0 Å². The smallest absolute Gasteiger partial charge is 0.0582 e. The maximum Gasteiger partial charge on any atom is 0.0582 e. The average molecular weight is 81.1 g/mol. The molecule has 6 heavy (non-hydrogen) atoms. The molecule has 0 bridgehead atoms. The average Bonchev–Trinajstić information content (AvgIpc) is 1.91. The fourth-order valence-corrected chi connectivity index (χ4v) is 0.515. The zero-order chi connectivity index (χ0) is 5.28. The van der Waals surface area contributed by atoms with Gasteiger partial charge in [0.25, 0.3) is 0 Å². The van der Waals surface area contributed by atoms with Crippen LogP contribution in [0.5, 0.6) is 0 Å². The van der Waals surface area contributed by atoms with Crippen molar-refractivity contribution in [3.63, 3.8) is 0 Å². The van der Waals surface area contributed by atoms with Gasteiger partial charge in [0.05, 0.1) is 1.37 Å². The Morgan fingerprint density at radius 1 is 2.00 bits per heavy atom. The van der Waals surface area contributed by atoms with E-state index in [0.717, 1.165) is 18.0 Å². The lowest BCUT2D eigenvalue weighted by Crippen LogP contribution is -1.51. The van der Waals surface area contributed by atoms with Crippen LogP contribution < -0.4 is 0 Å². The van der Waals surface area contributed by atoms with Crippen molar-refractivity contribution >= 4 is 0 Å². The van der Waals surface area contributed by atoms with E-state index in [9.17, 15) is 0 Å². The largest absolute Gasteiger partial charge is 0.0805 e. The van der Waals surface area contributed by atoms with Crippen molar-refractivity contribution in [3.05, 3.63) is 23.8 Å². The number of rotatable bonds is 0. The zero-order valence-corrected chi connectivity index (χ0v) is 3.86. The highest BCUT2D eigenvalue weighted by molar-refractivity contribution is 5.23. The van der Waals surface area contributed by atoms with E-state index in [1.807, 2.05) is 19.1 Å². The summed E-state index contributed by atoms with van der Waals surface area (Å²) in [5.74, 6) is 0. The Kier molecular flexibility index (Phi) is 0.564. The van der Waals surface area contributed by atoms with Gasteiger partial charge in [-0.1, -0.05) is 23.8 Å². The molecule has 0 fully saturated rings. The molecule has 0 aromatic rings. The van der Waals surface area contributed by atoms with E-state index in [0.29, 0.717) is 0 Å². The van der Waals surface area contributed by atoms with Crippen molar-refractivity contribution < 1.29 is 1.37 Å². The van der Waals surface area contributed by atoms with Crippen LogP contribution >= 0.6 is 0 Å². The topological polar surface area (TPSA) is 0 Å². The molecule has 32 valence electrons. The van der Waals surface area contributed by atoms with Crippen molar-refractivity contribution in [1.82, 2.24) is 0 Å². The third kappa shape index (κ3) is 0.510. The minimum Gasteiger partial charge on any atom is -0.0805 e. The second-order valence-electron chi connectivity index (χ2n) is 1.47. The molecule has 0 radical (unpaired) electrons. The van der Waals surface area contributed by atoms with E-state index in [1.54, 1.807) is 0 Å². The minimum atomic E-state index is 0.764. The summed E-state index contributed by atoms with van der Waals surface area (Å²) in [5, 5.41) is 0. The monoisotopic (exact) mass is 81.1 g/mol. The van der Waals surface area contributed by atoms with E-state index in [4.69, 9.17) is 1.37 Å². The van der Waals surface area contributed by atoms with E-state index in [2.05, 4.69) is 0 Å². The molecule has 0 unspecified atom stereocenters.